The molecule has 1 aromatic carbocycles. The van der Waals surface area contributed by atoms with Crippen molar-refractivity contribution in [2.24, 2.45) is 0 Å². The van der Waals surface area contributed by atoms with Crippen molar-refractivity contribution in [3.63, 3.8) is 0 Å². The fourth-order valence-corrected chi connectivity index (χ4v) is 2.80. The molecule has 0 fully saturated rings. The summed E-state index contributed by atoms with van der Waals surface area (Å²) in [5.74, 6) is -1.05. The van der Waals surface area contributed by atoms with Gasteiger partial charge >= 0.3 is 20.5 Å². The summed E-state index contributed by atoms with van der Waals surface area (Å²) in [6.45, 7) is 9.24. The summed E-state index contributed by atoms with van der Waals surface area (Å²) in [7, 11) is -3.05. The van der Waals surface area contributed by atoms with E-state index < -0.39 is 28.8 Å². The number of rotatable bonds is 5. The highest BCUT2D eigenvalue weighted by Gasteiger charge is 2.31. The lowest BCUT2D eigenvalue weighted by Crippen LogP contribution is -2.36. The van der Waals surface area contributed by atoms with Crippen LogP contribution in [0.15, 0.2) is 24.3 Å². The molecular formula is C14H22O5Si2. The molecule has 0 aliphatic heterocycles. The van der Waals surface area contributed by atoms with E-state index in [4.69, 9.17) is 13.3 Å². The normalized spacial score (nSPS) is 11.9. The summed E-state index contributed by atoms with van der Waals surface area (Å²) < 4.78 is 16.0. The van der Waals surface area contributed by atoms with Gasteiger partial charge in [-0.25, -0.2) is 9.59 Å². The van der Waals surface area contributed by atoms with Crippen LogP contribution in [0.1, 0.15) is 20.7 Å². The fraction of sp³-hybridized carbons (Fsp3) is 0.429. The number of carbonyl (C=O) groups is 2. The van der Waals surface area contributed by atoms with Crippen molar-refractivity contribution in [3.05, 3.63) is 35.4 Å². The zero-order valence-electron chi connectivity index (χ0n) is 13.4. The fourth-order valence-electron chi connectivity index (χ4n) is 1.49. The van der Waals surface area contributed by atoms with Gasteiger partial charge in [0.15, 0.2) is 0 Å². The highest BCUT2D eigenvalue weighted by Crippen LogP contribution is 2.17. The minimum Gasteiger partial charge on any atom is -0.516 e. The van der Waals surface area contributed by atoms with Gasteiger partial charge in [-0.2, -0.15) is 0 Å². The molecule has 0 aliphatic rings. The Bertz CT molecular complexity index is 534. The van der Waals surface area contributed by atoms with E-state index >= 15 is 0 Å². The van der Waals surface area contributed by atoms with Gasteiger partial charge < -0.3 is 13.3 Å². The second-order valence-electron chi connectivity index (χ2n) is 6.04. The monoisotopic (exact) mass is 326 g/mol. The Labute approximate surface area is 127 Å². The molecule has 21 heavy (non-hydrogen) atoms. The third kappa shape index (κ3) is 5.45. The SMILES string of the molecule is CO[Si](C)(C)OC(=O)c1ccccc1C(=O)O[Si](C)(C)C. The molecule has 0 unspecified atom stereocenters. The lowest BCUT2D eigenvalue weighted by molar-refractivity contribution is 0.0646. The molecule has 1 aromatic rings. The van der Waals surface area contributed by atoms with E-state index in [-0.39, 0.29) is 11.1 Å². The van der Waals surface area contributed by atoms with Crippen LogP contribution in [0.5, 0.6) is 0 Å². The average molecular weight is 326 g/mol. The van der Waals surface area contributed by atoms with Gasteiger partial charge in [0.2, 0.25) is 8.32 Å². The van der Waals surface area contributed by atoms with Gasteiger partial charge in [-0.1, -0.05) is 12.1 Å². The molecule has 0 heterocycles. The van der Waals surface area contributed by atoms with E-state index in [9.17, 15) is 9.59 Å². The summed E-state index contributed by atoms with van der Waals surface area (Å²) in [6, 6.07) is 6.50. The maximum absolute atomic E-state index is 12.2. The Morgan fingerprint density at radius 2 is 1.29 bits per heavy atom. The molecule has 0 saturated heterocycles. The predicted octanol–water partition coefficient (Wildman–Crippen LogP) is 3.18. The van der Waals surface area contributed by atoms with Crippen LogP contribution in [-0.4, -0.2) is 35.9 Å². The first-order chi connectivity index (χ1) is 9.56. The van der Waals surface area contributed by atoms with Gasteiger partial charge in [0.25, 0.3) is 0 Å². The van der Waals surface area contributed by atoms with E-state index in [2.05, 4.69) is 0 Å². The molecule has 0 saturated carbocycles. The highest BCUT2D eigenvalue weighted by atomic mass is 28.4. The molecule has 0 spiro atoms. The van der Waals surface area contributed by atoms with Crippen LogP contribution in [0.3, 0.4) is 0 Å². The minimum absolute atomic E-state index is 0.207. The van der Waals surface area contributed by atoms with Crippen molar-refractivity contribution in [1.82, 2.24) is 0 Å². The maximum Gasteiger partial charge on any atom is 0.395 e. The van der Waals surface area contributed by atoms with Crippen molar-refractivity contribution in [2.45, 2.75) is 32.7 Å². The number of carbonyl (C=O) groups excluding carboxylic acids is 2. The predicted molar refractivity (Wildman–Crippen MR) is 85.1 cm³/mol. The van der Waals surface area contributed by atoms with E-state index in [1.165, 1.54) is 7.11 Å². The van der Waals surface area contributed by atoms with Crippen molar-refractivity contribution in [2.75, 3.05) is 7.11 Å². The minimum atomic E-state index is -2.52. The molecule has 0 bridgehead atoms. The lowest BCUT2D eigenvalue weighted by atomic mass is 10.1. The van der Waals surface area contributed by atoms with Crippen molar-refractivity contribution >= 4 is 28.8 Å². The number of hydrogen-bond acceptors (Lipinski definition) is 5. The van der Waals surface area contributed by atoms with Gasteiger partial charge in [-0.3, -0.25) is 0 Å². The van der Waals surface area contributed by atoms with Crippen LogP contribution in [0.2, 0.25) is 32.7 Å². The van der Waals surface area contributed by atoms with E-state index in [0.717, 1.165) is 0 Å². The van der Waals surface area contributed by atoms with Gasteiger partial charge in [0.1, 0.15) is 0 Å². The Morgan fingerprint density at radius 3 is 1.67 bits per heavy atom. The maximum atomic E-state index is 12.2. The Hall–Kier alpha value is -1.45. The van der Waals surface area contributed by atoms with Crippen LogP contribution in [0.4, 0.5) is 0 Å². The third-order valence-corrected chi connectivity index (χ3v) is 5.05. The molecule has 0 N–H and O–H groups in total. The quantitative estimate of drug-likeness (QED) is 0.778. The van der Waals surface area contributed by atoms with Crippen LogP contribution >= 0.6 is 0 Å². The largest absolute Gasteiger partial charge is 0.516 e. The number of benzene rings is 1. The van der Waals surface area contributed by atoms with E-state index in [1.54, 1.807) is 37.4 Å². The molecule has 0 atom stereocenters. The zero-order chi connectivity index (χ0) is 16.3. The molecule has 0 aromatic heterocycles. The molecular weight excluding hydrogens is 304 g/mol. The lowest BCUT2D eigenvalue weighted by Gasteiger charge is -2.22. The van der Waals surface area contributed by atoms with Crippen molar-refractivity contribution in [1.29, 1.82) is 0 Å². The van der Waals surface area contributed by atoms with Gasteiger partial charge in [-0.15, -0.1) is 0 Å². The van der Waals surface area contributed by atoms with Gasteiger partial charge in [0, 0.05) is 7.11 Å². The first-order valence-electron chi connectivity index (χ1n) is 6.66. The summed E-state index contributed by atoms with van der Waals surface area (Å²) in [4.78, 5) is 24.5. The molecule has 116 valence electrons. The van der Waals surface area contributed by atoms with Crippen molar-refractivity contribution in [3.8, 4) is 0 Å². The highest BCUT2D eigenvalue weighted by molar-refractivity contribution is 6.71. The second-order valence-corrected chi connectivity index (χ2v) is 13.9. The Balaban J connectivity index is 3.05. The molecule has 0 radical (unpaired) electrons. The Morgan fingerprint density at radius 1 is 0.857 bits per heavy atom. The number of hydrogen-bond donors (Lipinski definition) is 0. The summed E-state index contributed by atoms with van der Waals surface area (Å²) >= 11 is 0. The molecule has 1 rings (SSSR count). The Kier molecular flexibility index (Phi) is 5.49. The summed E-state index contributed by atoms with van der Waals surface area (Å²) in [5.41, 5.74) is 0.434. The molecule has 0 aliphatic carbocycles. The summed E-state index contributed by atoms with van der Waals surface area (Å²) in [5, 5.41) is 0. The van der Waals surface area contributed by atoms with Gasteiger partial charge in [0.05, 0.1) is 11.1 Å². The first-order valence-corrected chi connectivity index (χ1v) is 12.9. The summed E-state index contributed by atoms with van der Waals surface area (Å²) in [6.07, 6.45) is 0. The van der Waals surface area contributed by atoms with Crippen LogP contribution < -0.4 is 0 Å². The second kappa shape index (κ2) is 6.55. The standard InChI is InChI=1S/C14H22O5Si2/c1-17-21(5,6)19-14(16)12-10-8-7-9-11(12)13(15)18-20(2,3)4/h7-10H,1-6H3. The molecule has 0 amide bonds. The smallest absolute Gasteiger partial charge is 0.395 e. The molecule has 5 nitrogen and oxygen atoms in total. The van der Waals surface area contributed by atoms with Crippen molar-refractivity contribution < 1.29 is 22.9 Å². The van der Waals surface area contributed by atoms with E-state index in [0.29, 0.717) is 0 Å². The first kappa shape index (κ1) is 17.6. The van der Waals surface area contributed by atoms with Crippen LogP contribution in [-0.2, 0) is 13.3 Å². The van der Waals surface area contributed by atoms with Gasteiger partial charge in [-0.05, 0) is 44.9 Å². The van der Waals surface area contributed by atoms with E-state index in [1.807, 2.05) is 19.6 Å². The van der Waals surface area contributed by atoms with Crippen LogP contribution in [0.25, 0.3) is 0 Å². The zero-order valence-corrected chi connectivity index (χ0v) is 15.4. The topological polar surface area (TPSA) is 61.8 Å². The average Bonchev–Trinajstić information content (AvgIpc) is 2.36. The molecule has 7 heteroatoms. The van der Waals surface area contributed by atoms with Crippen LogP contribution in [0, 0.1) is 0 Å². The third-order valence-electron chi connectivity index (χ3n) is 2.60.